The number of hydrogen-bond acceptors (Lipinski definition) is 3. The average molecular weight is 559 g/mol. The second-order valence-corrected chi connectivity index (χ2v) is 11.4. The van der Waals surface area contributed by atoms with Crippen molar-refractivity contribution in [1.29, 1.82) is 0 Å². The normalized spacial score (nSPS) is 17.7. The Bertz CT molecular complexity index is 1620. The quantitative estimate of drug-likeness (QED) is 0.189. The predicted molar refractivity (Wildman–Crippen MR) is 168 cm³/mol. The molecule has 42 heavy (non-hydrogen) atoms. The summed E-state index contributed by atoms with van der Waals surface area (Å²) in [7, 11) is 0. The number of nitrogens with zero attached hydrogens (tertiary/aromatic N) is 2. The molecule has 5 heteroatoms. The van der Waals surface area contributed by atoms with Crippen LogP contribution in [0.3, 0.4) is 0 Å². The zero-order valence-electron chi connectivity index (χ0n) is 24.4. The molecular weight excluding hydrogens is 520 g/mol. The highest BCUT2D eigenvalue weighted by atomic mass is 16.5. The van der Waals surface area contributed by atoms with Crippen LogP contribution < -0.4 is 4.74 Å². The first-order valence-electron chi connectivity index (χ1n) is 14.8. The van der Waals surface area contributed by atoms with E-state index in [1.54, 1.807) is 0 Å². The number of fused-ring (bicyclic) bond motifs is 1. The number of amides is 1. The number of ether oxygens (including phenoxy) is 2. The summed E-state index contributed by atoms with van der Waals surface area (Å²) in [5.41, 5.74) is 5.76. The Balaban J connectivity index is 1.37. The molecule has 1 aliphatic rings. The van der Waals surface area contributed by atoms with Gasteiger partial charge in [0, 0.05) is 49.1 Å². The van der Waals surface area contributed by atoms with Gasteiger partial charge in [-0.3, -0.25) is 4.79 Å². The van der Waals surface area contributed by atoms with E-state index in [0.29, 0.717) is 26.1 Å². The Morgan fingerprint density at radius 1 is 0.833 bits per heavy atom. The summed E-state index contributed by atoms with van der Waals surface area (Å²) in [6.45, 7) is 6.57. The van der Waals surface area contributed by atoms with Crippen molar-refractivity contribution in [2.45, 2.75) is 51.5 Å². The van der Waals surface area contributed by atoms with E-state index >= 15 is 0 Å². The van der Waals surface area contributed by atoms with E-state index in [9.17, 15) is 4.79 Å². The fourth-order valence-electron chi connectivity index (χ4n) is 6.12. The fourth-order valence-corrected chi connectivity index (χ4v) is 6.12. The predicted octanol–water partition coefficient (Wildman–Crippen LogP) is 7.43. The summed E-state index contributed by atoms with van der Waals surface area (Å²) < 4.78 is 14.5. The molecule has 0 N–H and O–H groups in total. The highest BCUT2D eigenvalue weighted by Gasteiger charge is 2.30. The third-order valence-electron chi connectivity index (χ3n) is 8.05. The van der Waals surface area contributed by atoms with Crippen LogP contribution in [0.5, 0.6) is 5.75 Å². The van der Waals surface area contributed by atoms with Gasteiger partial charge < -0.3 is 18.9 Å². The van der Waals surface area contributed by atoms with Gasteiger partial charge in [0.05, 0.1) is 12.2 Å². The summed E-state index contributed by atoms with van der Waals surface area (Å²) in [4.78, 5) is 15.9. The Labute approximate surface area is 248 Å². The number of aromatic nitrogens is 1. The first kappa shape index (κ1) is 27.8. The van der Waals surface area contributed by atoms with Crippen molar-refractivity contribution in [3.8, 4) is 5.75 Å². The Kier molecular flexibility index (Phi) is 8.38. The number of rotatable bonds is 9. The molecule has 1 saturated heterocycles. The molecule has 5 aromatic rings. The lowest BCUT2D eigenvalue weighted by atomic mass is 9.87. The minimum atomic E-state index is -0.131. The minimum Gasteiger partial charge on any atom is -0.489 e. The van der Waals surface area contributed by atoms with E-state index in [0.717, 1.165) is 29.0 Å². The van der Waals surface area contributed by atoms with Crippen molar-refractivity contribution in [2.75, 3.05) is 13.1 Å². The molecule has 1 fully saturated rings. The maximum Gasteiger partial charge on any atom is 0.223 e. The molecule has 5 nitrogen and oxygen atoms in total. The van der Waals surface area contributed by atoms with Crippen molar-refractivity contribution >= 4 is 16.8 Å². The van der Waals surface area contributed by atoms with Crippen LogP contribution in [0, 0.1) is 0 Å². The van der Waals surface area contributed by atoms with Crippen molar-refractivity contribution in [1.82, 2.24) is 9.47 Å². The van der Waals surface area contributed by atoms with Gasteiger partial charge in [-0.1, -0.05) is 91.0 Å². The molecule has 0 radical (unpaired) electrons. The summed E-state index contributed by atoms with van der Waals surface area (Å²) >= 11 is 0. The van der Waals surface area contributed by atoms with E-state index in [1.165, 1.54) is 16.5 Å². The molecule has 0 spiro atoms. The van der Waals surface area contributed by atoms with Crippen LogP contribution in [-0.4, -0.2) is 40.7 Å². The summed E-state index contributed by atoms with van der Waals surface area (Å²) in [6.07, 6.45) is 2.68. The van der Waals surface area contributed by atoms with Crippen LogP contribution in [0.4, 0.5) is 0 Å². The zero-order valence-corrected chi connectivity index (χ0v) is 24.4. The molecule has 4 aromatic carbocycles. The third kappa shape index (κ3) is 6.42. The standard InChI is InChI=1S/C37H38N2O3/c1-27-22-39(23-28(2)42-27)37(40)21-34(31-16-11-17-32(20-31)41-26-30-14-7-4-8-15-30)35-25-38(24-29-12-5-3-6-13-29)36-19-10-9-18-33(35)36/h3-20,25,27-28,34H,21-24,26H2,1-2H3/t27-,28+,34-/m0/s1. The van der Waals surface area contributed by atoms with Gasteiger partial charge in [0.25, 0.3) is 0 Å². The topological polar surface area (TPSA) is 43.7 Å². The van der Waals surface area contributed by atoms with Gasteiger partial charge in [-0.2, -0.15) is 0 Å². The molecule has 0 bridgehead atoms. The molecule has 3 atom stereocenters. The van der Waals surface area contributed by atoms with Gasteiger partial charge in [-0.05, 0) is 54.3 Å². The smallest absolute Gasteiger partial charge is 0.223 e. The molecule has 1 aliphatic heterocycles. The van der Waals surface area contributed by atoms with Crippen LogP contribution in [-0.2, 0) is 22.7 Å². The lowest BCUT2D eigenvalue weighted by molar-refractivity contribution is -0.143. The van der Waals surface area contributed by atoms with E-state index < -0.39 is 0 Å². The van der Waals surface area contributed by atoms with Crippen LogP contribution in [0.1, 0.15) is 48.4 Å². The fraction of sp³-hybridized carbons (Fsp3) is 0.270. The van der Waals surface area contributed by atoms with Crippen molar-refractivity contribution in [3.05, 3.63) is 138 Å². The first-order valence-corrected chi connectivity index (χ1v) is 14.8. The lowest BCUT2D eigenvalue weighted by Gasteiger charge is -2.36. The van der Waals surface area contributed by atoms with Crippen LogP contribution in [0.25, 0.3) is 10.9 Å². The number of carbonyl (C=O) groups is 1. The SMILES string of the molecule is C[C@@H]1CN(C(=O)C[C@@H](c2cccc(OCc3ccccc3)c2)c2cn(Cc3ccccc3)c3ccccc23)C[C@H](C)O1. The summed E-state index contributed by atoms with van der Waals surface area (Å²) in [6, 6.07) is 37.5. The zero-order chi connectivity index (χ0) is 28.9. The number of benzene rings is 4. The van der Waals surface area contributed by atoms with Gasteiger partial charge in [-0.15, -0.1) is 0 Å². The van der Waals surface area contributed by atoms with Crippen LogP contribution >= 0.6 is 0 Å². The van der Waals surface area contributed by atoms with Gasteiger partial charge >= 0.3 is 0 Å². The Morgan fingerprint density at radius 3 is 2.24 bits per heavy atom. The van der Waals surface area contributed by atoms with Crippen LogP contribution in [0.2, 0.25) is 0 Å². The molecule has 0 unspecified atom stereocenters. The number of para-hydroxylation sites is 1. The number of carbonyl (C=O) groups excluding carboxylic acids is 1. The summed E-state index contributed by atoms with van der Waals surface area (Å²) in [5, 5.41) is 1.17. The molecule has 214 valence electrons. The molecule has 6 rings (SSSR count). The lowest BCUT2D eigenvalue weighted by Crippen LogP contribution is -2.48. The second kappa shape index (κ2) is 12.7. The molecule has 1 amide bonds. The Hall–Kier alpha value is -4.35. The maximum absolute atomic E-state index is 13.9. The van der Waals surface area contributed by atoms with Crippen molar-refractivity contribution in [3.63, 3.8) is 0 Å². The van der Waals surface area contributed by atoms with E-state index in [-0.39, 0.29) is 24.0 Å². The third-order valence-corrected chi connectivity index (χ3v) is 8.05. The second-order valence-electron chi connectivity index (χ2n) is 11.4. The van der Waals surface area contributed by atoms with Gasteiger partial charge in [0.2, 0.25) is 5.91 Å². The number of morpholine rings is 1. The Morgan fingerprint density at radius 2 is 1.50 bits per heavy atom. The van der Waals surface area contributed by atoms with E-state index in [4.69, 9.17) is 9.47 Å². The number of hydrogen-bond donors (Lipinski definition) is 0. The van der Waals surface area contributed by atoms with Gasteiger partial charge in [0.1, 0.15) is 12.4 Å². The van der Waals surface area contributed by atoms with E-state index in [2.05, 4.69) is 83.6 Å². The van der Waals surface area contributed by atoms with Crippen LogP contribution in [0.15, 0.2) is 115 Å². The van der Waals surface area contributed by atoms with E-state index in [1.807, 2.05) is 55.1 Å². The summed E-state index contributed by atoms with van der Waals surface area (Å²) in [5.74, 6) is 0.820. The van der Waals surface area contributed by atoms with Crippen molar-refractivity contribution in [2.24, 2.45) is 0 Å². The van der Waals surface area contributed by atoms with Gasteiger partial charge in [-0.25, -0.2) is 0 Å². The highest BCUT2D eigenvalue weighted by Crippen LogP contribution is 2.37. The van der Waals surface area contributed by atoms with Gasteiger partial charge in [0.15, 0.2) is 0 Å². The molecule has 1 aromatic heterocycles. The average Bonchev–Trinajstić information content (AvgIpc) is 3.37. The molecule has 0 saturated carbocycles. The minimum absolute atomic E-state index is 0.0265. The molecular formula is C37H38N2O3. The highest BCUT2D eigenvalue weighted by molar-refractivity contribution is 5.87. The molecule has 0 aliphatic carbocycles. The van der Waals surface area contributed by atoms with Crippen molar-refractivity contribution < 1.29 is 14.3 Å². The first-order chi connectivity index (χ1) is 20.5. The largest absolute Gasteiger partial charge is 0.489 e. The maximum atomic E-state index is 13.9. The monoisotopic (exact) mass is 558 g/mol. The molecule has 2 heterocycles.